The summed E-state index contributed by atoms with van der Waals surface area (Å²) in [6.07, 6.45) is 2.78. The Morgan fingerprint density at radius 1 is 1.00 bits per heavy atom. The van der Waals surface area contributed by atoms with Crippen LogP contribution in [0.4, 0.5) is 0 Å². The van der Waals surface area contributed by atoms with E-state index in [4.69, 9.17) is 11.6 Å². The molecule has 7 heteroatoms. The Morgan fingerprint density at radius 2 is 1.69 bits per heavy atom. The topological polar surface area (TPSA) is 45.6 Å². The molecule has 0 saturated carbocycles. The van der Waals surface area contributed by atoms with Gasteiger partial charge in [0, 0.05) is 46.1 Å². The van der Waals surface area contributed by atoms with Gasteiger partial charge in [-0.25, -0.2) is 0 Å². The van der Waals surface area contributed by atoms with Crippen LogP contribution in [-0.2, 0) is 17.9 Å². The van der Waals surface area contributed by atoms with Crippen LogP contribution in [0.3, 0.4) is 0 Å². The highest BCUT2D eigenvalue weighted by molar-refractivity contribution is 9.10. The van der Waals surface area contributed by atoms with E-state index in [2.05, 4.69) is 34.3 Å². The van der Waals surface area contributed by atoms with E-state index in [1.807, 2.05) is 73.5 Å². The average molecular weight is 573 g/mol. The fourth-order valence-electron chi connectivity index (χ4n) is 4.10. The number of halogens is 2. The highest BCUT2D eigenvalue weighted by atomic mass is 79.9. The van der Waals surface area contributed by atoms with Gasteiger partial charge in [0.15, 0.2) is 0 Å². The fraction of sp³-hybridized carbons (Fsp3) is 0.379. The van der Waals surface area contributed by atoms with Gasteiger partial charge in [-0.1, -0.05) is 66.5 Å². The van der Waals surface area contributed by atoms with E-state index < -0.39 is 0 Å². The standard InChI is InChI=1S/C29H35BrClN3O2/c1-5-22(4)34(29(36)23-12-14-25(30)15-13-23)20-28(35)33(17-21(2)3)19-26-10-8-16-32(26)18-24-9-6-7-11-27(24)31/h6-16,21-22H,5,17-20H2,1-4H3. The third kappa shape index (κ3) is 7.47. The molecule has 0 saturated heterocycles. The largest absolute Gasteiger partial charge is 0.345 e. The summed E-state index contributed by atoms with van der Waals surface area (Å²) in [6.45, 7) is 9.97. The van der Waals surface area contributed by atoms with Crippen LogP contribution in [0.25, 0.3) is 0 Å². The van der Waals surface area contributed by atoms with Crippen molar-refractivity contribution in [2.45, 2.75) is 53.2 Å². The van der Waals surface area contributed by atoms with Crippen molar-refractivity contribution in [1.82, 2.24) is 14.4 Å². The van der Waals surface area contributed by atoms with Gasteiger partial charge >= 0.3 is 0 Å². The number of hydrogen-bond donors (Lipinski definition) is 0. The van der Waals surface area contributed by atoms with Gasteiger partial charge in [0.25, 0.3) is 5.91 Å². The quantitative estimate of drug-likeness (QED) is 0.251. The molecule has 36 heavy (non-hydrogen) atoms. The van der Waals surface area contributed by atoms with E-state index in [0.717, 1.165) is 27.2 Å². The summed E-state index contributed by atoms with van der Waals surface area (Å²) in [5.74, 6) is 0.108. The molecule has 5 nitrogen and oxygen atoms in total. The van der Waals surface area contributed by atoms with Crippen molar-refractivity contribution in [3.8, 4) is 0 Å². The summed E-state index contributed by atoms with van der Waals surface area (Å²) in [6, 6.07) is 19.1. The van der Waals surface area contributed by atoms with Crippen molar-refractivity contribution in [1.29, 1.82) is 0 Å². The Labute approximate surface area is 228 Å². The zero-order chi connectivity index (χ0) is 26.2. The molecule has 0 spiro atoms. The smallest absolute Gasteiger partial charge is 0.254 e. The molecule has 3 rings (SSSR count). The second-order valence-corrected chi connectivity index (χ2v) is 10.9. The Morgan fingerprint density at radius 3 is 2.33 bits per heavy atom. The monoisotopic (exact) mass is 571 g/mol. The average Bonchev–Trinajstić information content (AvgIpc) is 3.29. The molecule has 2 amide bonds. The van der Waals surface area contributed by atoms with Crippen molar-refractivity contribution >= 4 is 39.3 Å². The van der Waals surface area contributed by atoms with E-state index in [0.29, 0.717) is 31.1 Å². The van der Waals surface area contributed by atoms with Gasteiger partial charge < -0.3 is 14.4 Å². The number of rotatable bonds is 11. The lowest BCUT2D eigenvalue weighted by Gasteiger charge is -2.32. The summed E-state index contributed by atoms with van der Waals surface area (Å²) in [4.78, 5) is 30.6. The first-order chi connectivity index (χ1) is 17.2. The first kappa shape index (κ1) is 28.0. The van der Waals surface area contributed by atoms with E-state index >= 15 is 0 Å². The third-order valence-electron chi connectivity index (χ3n) is 6.29. The van der Waals surface area contributed by atoms with Crippen LogP contribution in [-0.4, -0.2) is 45.3 Å². The van der Waals surface area contributed by atoms with E-state index in [9.17, 15) is 9.59 Å². The second kappa shape index (κ2) is 13.1. The molecule has 0 aliphatic rings. The highest BCUT2D eigenvalue weighted by Gasteiger charge is 2.26. The van der Waals surface area contributed by atoms with Crippen LogP contribution in [0.15, 0.2) is 71.3 Å². The lowest BCUT2D eigenvalue weighted by Crippen LogP contribution is -2.47. The van der Waals surface area contributed by atoms with Crippen LogP contribution < -0.4 is 0 Å². The molecular weight excluding hydrogens is 538 g/mol. The van der Waals surface area contributed by atoms with Crippen LogP contribution >= 0.6 is 27.5 Å². The SMILES string of the molecule is CCC(C)N(CC(=O)N(Cc1cccn1Cc1ccccc1Cl)CC(C)C)C(=O)c1ccc(Br)cc1. The minimum Gasteiger partial charge on any atom is -0.345 e. The molecular formula is C29H35BrClN3O2. The van der Waals surface area contributed by atoms with Gasteiger partial charge in [0.2, 0.25) is 5.91 Å². The summed E-state index contributed by atoms with van der Waals surface area (Å²) in [5, 5.41) is 0.725. The number of amides is 2. The summed E-state index contributed by atoms with van der Waals surface area (Å²) >= 11 is 9.81. The molecule has 1 aromatic heterocycles. The molecule has 0 aliphatic heterocycles. The molecule has 1 heterocycles. The summed E-state index contributed by atoms with van der Waals surface area (Å²) < 4.78 is 3.04. The number of carbonyl (C=O) groups is 2. The predicted molar refractivity (Wildman–Crippen MR) is 150 cm³/mol. The van der Waals surface area contributed by atoms with Crippen LogP contribution in [0.5, 0.6) is 0 Å². The molecule has 1 atom stereocenters. The number of aromatic nitrogens is 1. The van der Waals surface area contributed by atoms with Gasteiger partial charge in [-0.3, -0.25) is 9.59 Å². The summed E-state index contributed by atoms with van der Waals surface area (Å²) in [7, 11) is 0. The van der Waals surface area contributed by atoms with Crippen LogP contribution in [0.1, 0.15) is 55.7 Å². The lowest BCUT2D eigenvalue weighted by atomic mass is 10.1. The summed E-state index contributed by atoms with van der Waals surface area (Å²) in [5.41, 5.74) is 2.63. The third-order valence-corrected chi connectivity index (χ3v) is 7.19. The minimum absolute atomic E-state index is 0.0435. The Kier molecular flexibility index (Phi) is 10.2. The number of carbonyl (C=O) groups excluding carboxylic acids is 2. The zero-order valence-corrected chi connectivity index (χ0v) is 23.8. The van der Waals surface area contributed by atoms with E-state index in [1.165, 1.54) is 0 Å². The Hall–Kier alpha value is -2.57. The number of nitrogens with zero attached hydrogens (tertiary/aromatic N) is 3. The fourth-order valence-corrected chi connectivity index (χ4v) is 4.56. The van der Waals surface area contributed by atoms with E-state index in [1.54, 1.807) is 17.0 Å². The minimum atomic E-state index is -0.128. The lowest BCUT2D eigenvalue weighted by molar-refractivity contribution is -0.133. The van der Waals surface area contributed by atoms with Crippen molar-refractivity contribution in [3.05, 3.63) is 93.2 Å². The van der Waals surface area contributed by atoms with Gasteiger partial charge in [-0.2, -0.15) is 0 Å². The van der Waals surface area contributed by atoms with Crippen molar-refractivity contribution in [2.75, 3.05) is 13.1 Å². The molecule has 0 bridgehead atoms. The zero-order valence-electron chi connectivity index (χ0n) is 21.5. The van der Waals surface area contributed by atoms with E-state index in [-0.39, 0.29) is 24.4 Å². The van der Waals surface area contributed by atoms with Crippen LogP contribution in [0, 0.1) is 5.92 Å². The first-order valence-corrected chi connectivity index (χ1v) is 13.6. The maximum absolute atomic E-state index is 13.6. The maximum atomic E-state index is 13.6. The molecule has 1 unspecified atom stereocenters. The molecule has 0 fully saturated rings. The number of benzene rings is 2. The Bertz CT molecular complexity index is 1160. The van der Waals surface area contributed by atoms with Crippen molar-refractivity contribution in [2.24, 2.45) is 5.92 Å². The predicted octanol–water partition coefficient (Wildman–Crippen LogP) is 6.88. The van der Waals surface area contributed by atoms with Gasteiger partial charge in [-0.15, -0.1) is 0 Å². The van der Waals surface area contributed by atoms with Gasteiger partial charge in [0.05, 0.1) is 6.54 Å². The first-order valence-electron chi connectivity index (χ1n) is 12.4. The normalized spacial score (nSPS) is 12.0. The van der Waals surface area contributed by atoms with Gasteiger partial charge in [-0.05, 0) is 67.3 Å². The van der Waals surface area contributed by atoms with Crippen LogP contribution in [0.2, 0.25) is 5.02 Å². The molecule has 2 aromatic carbocycles. The van der Waals surface area contributed by atoms with Crippen molar-refractivity contribution in [3.63, 3.8) is 0 Å². The maximum Gasteiger partial charge on any atom is 0.254 e. The van der Waals surface area contributed by atoms with Gasteiger partial charge in [0.1, 0.15) is 6.54 Å². The molecule has 0 aliphatic carbocycles. The molecule has 0 radical (unpaired) electrons. The molecule has 3 aromatic rings. The second-order valence-electron chi connectivity index (χ2n) is 9.58. The van der Waals surface area contributed by atoms with Crippen molar-refractivity contribution < 1.29 is 9.59 Å². The molecule has 0 N–H and O–H groups in total. The number of hydrogen-bond acceptors (Lipinski definition) is 2. The Balaban J connectivity index is 1.80. The highest BCUT2D eigenvalue weighted by Crippen LogP contribution is 2.20. The molecule has 192 valence electrons.